The predicted molar refractivity (Wildman–Crippen MR) is 89.3 cm³/mol. The molecule has 23 heavy (non-hydrogen) atoms. The number of aryl methyl sites for hydroxylation is 1. The van der Waals surface area contributed by atoms with Gasteiger partial charge in [-0.15, -0.1) is 5.10 Å². The average molecular weight is 314 g/mol. The first-order valence-corrected chi connectivity index (χ1v) is 7.60. The minimum atomic E-state index is -0.338. The van der Waals surface area contributed by atoms with Gasteiger partial charge in [0.25, 0.3) is 0 Å². The molecule has 0 N–H and O–H groups in total. The maximum Gasteiger partial charge on any atom is 0.338 e. The summed E-state index contributed by atoms with van der Waals surface area (Å²) in [5, 5.41) is 4.18. The number of esters is 1. The Hall–Kier alpha value is -2.56. The van der Waals surface area contributed by atoms with Crippen LogP contribution in [0.1, 0.15) is 41.8 Å². The van der Waals surface area contributed by atoms with E-state index in [4.69, 9.17) is 9.47 Å². The summed E-state index contributed by atoms with van der Waals surface area (Å²) in [4.78, 5) is 12.3. The minimum Gasteiger partial charge on any atom is -0.472 e. The van der Waals surface area contributed by atoms with Crippen LogP contribution in [0.3, 0.4) is 0 Å². The van der Waals surface area contributed by atoms with Crippen molar-refractivity contribution in [2.75, 3.05) is 6.61 Å². The van der Waals surface area contributed by atoms with Crippen molar-refractivity contribution in [3.63, 3.8) is 0 Å². The van der Waals surface area contributed by atoms with Gasteiger partial charge in [0.1, 0.15) is 6.61 Å². The van der Waals surface area contributed by atoms with E-state index >= 15 is 0 Å². The zero-order valence-corrected chi connectivity index (χ0v) is 13.8. The number of carbonyl (C=O) groups is 1. The molecule has 122 valence electrons. The molecule has 0 saturated heterocycles. The summed E-state index contributed by atoms with van der Waals surface area (Å²) in [5.74, 6) is 0.173. The van der Waals surface area contributed by atoms with Gasteiger partial charge in [0.2, 0.25) is 5.88 Å². The van der Waals surface area contributed by atoms with Crippen molar-refractivity contribution >= 4 is 11.5 Å². The Morgan fingerprint density at radius 3 is 2.65 bits per heavy atom. The van der Waals surface area contributed by atoms with E-state index in [-0.39, 0.29) is 12.6 Å². The fraction of sp³-hybridized carbons (Fsp3) is 0.333. The Balaban J connectivity index is 2.29. The SMILES string of the molecule is C=C(C)c1cccc(C(=O)OCCC)c1COc1ccn(C)n1. The van der Waals surface area contributed by atoms with E-state index in [0.29, 0.717) is 18.1 Å². The molecule has 0 radical (unpaired) electrons. The van der Waals surface area contributed by atoms with Crippen molar-refractivity contribution in [3.05, 3.63) is 53.7 Å². The number of aromatic nitrogens is 2. The molecule has 0 amide bonds. The van der Waals surface area contributed by atoms with Crippen LogP contribution in [0.25, 0.3) is 5.57 Å². The van der Waals surface area contributed by atoms with Crippen LogP contribution >= 0.6 is 0 Å². The Bertz CT molecular complexity index is 704. The number of nitrogens with zero attached hydrogens (tertiary/aromatic N) is 2. The van der Waals surface area contributed by atoms with Crippen molar-refractivity contribution in [1.29, 1.82) is 0 Å². The lowest BCUT2D eigenvalue weighted by molar-refractivity contribution is 0.0502. The second-order valence-electron chi connectivity index (χ2n) is 5.36. The molecule has 2 aromatic rings. The molecule has 5 nitrogen and oxygen atoms in total. The van der Waals surface area contributed by atoms with E-state index in [0.717, 1.165) is 23.1 Å². The summed E-state index contributed by atoms with van der Waals surface area (Å²) < 4.78 is 12.6. The zero-order valence-electron chi connectivity index (χ0n) is 13.8. The maximum absolute atomic E-state index is 12.3. The van der Waals surface area contributed by atoms with E-state index in [1.807, 2.05) is 33.0 Å². The molecule has 5 heteroatoms. The molecule has 1 aromatic carbocycles. The van der Waals surface area contributed by atoms with Crippen molar-refractivity contribution in [2.45, 2.75) is 26.9 Å². The lowest BCUT2D eigenvalue weighted by Gasteiger charge is -2.14. The molecule has 0 atom stereocenters. The largest absolute Gasteiger partial charge is 0.472 e. The summed E-state index contributed by atoms with van der Waals surface area (Å²) in [5.41, 5.74) is 3.04. The maximum atomic E-state index is 12.3. The average Bonchev–Trinajstić information content (AvgIpc) is 2.95. The molecule has 0 saturated carbocycles. The van der Waals surface area contributed by atoms with Crippen molar-refractivity contribution in [2.24, 2.45) is 7.05 Å². The second-order valence-corrected chi connectivity index (χ2v) is 5.36. The number of benzene rings is 1. The Labute approximate surface area is 136 Å². The van der Waals surface area contributed by atoms with Crippen LogP contribution in [0.15, 0.2) is 37.0 Å². The lowest BCUT2D eigenvalue weighted by Crippen LogP contribution is -2.12. The Morgan fingerprint density at radius 2 is 2.04 bits per heavy atom. The highest BCUT2D eigenvalue weighted by Gasteiger charge is 2.17. The van der Waals surface area contributed by atoms with E-state index in [9.17, 15) is 4.79 Å². The normalized spacial score (nSPS) is 10.4. The topological polar surface area (TPSA) is 53.4 Å². The summed E-state index contributed by atoms with van der Waals surface area (Å²) in [6.45, 7) is 8.48. The molecular weight excluding hydrogens is 292 g/mol. The molecule has 2 rings (SSSR count). The van der Waals surface area contributed by atoms with Crippen LogP contribution < -0.4 is 4.74 Å². The van der Waals surface area contributed by atoms with Gasteiger partial charge in [-0.25, -0.2) is 4.79 Å². The minimum absolute atomic E-state index is 0.233. The number of ether oxygens (including phenoxy) is 2. The molecular formula is C18H22N2O3. The van der Waals surface area contributed by atoms with Gasteiger partial charge in [0.15, 0.2) is 0 Å². The third-order valence-corrected chi connectivity index (χ3v) is 3.35. The first-order chi connectivity index (χ1) is 11.0. The number of hydrogen-bond donors (Lipinski definition) is 0. The predicted octanol–water partition coefficient (Wildman–Crippen LogP) is 3.60. The zero-order chi connectivity index (χ0) is 16.8. The van der Waals surface area contributed by atoms with Crippen molar-refractivity contribution < 1.29 is 14.3 Å². The number of hydrogen-bond acceptors (Lipinski definition) is 4. The molecule has 0 fully saturated rings. The lowest BCUT2D eigenvalue weighted by atomic mass is 9.97. The summed E-state index contributed by atoms with van der Waals surface area (Å²) in [7, 11) is 1.82. The van der Waals surface area contributed by atoms with Crippen LogP contribution in [0.2, 0.25) is 0 Å². The van der Waals surface area contributed by atoms with E-state index in [1.54, 1.807) is 23.0 Å². The fourth-order valence-electron chi connectivity index (χ4n) is 2.22. The molecule has 0 unspecified atom stereocenters. The molecule has 0 aliphatic heterocycles. The highest BCUT2D eigenvalue weighted by molar-refractivity contribution is 5.92. The number of carbonyl (C=O) groups excluding carboxylic acids is 1. The van der Waals surface area contributed by atoms with Crippen LogP contribution in [0.4, 0.5) is 0 Å². The Morgan fingerprint density at radius 1 is 1.30 bits per heavy atom. The third-order valence-electron chi connectivity index (χ3n) is 3.35. The van der Waals surface area contributed by atoms with Gasteiger partial charge in [-0.2, -0.15) is 0 Å². The second kappa shape index (κ2) is 7.63. The molecule has 1 heterocycles. The number of allylic oxidation sites excluding steroid dienone is 1. The quantitative estimate of drug-likeness (QED) is 0.733. The summed E-state index contributed by atoms with van der Waals surface area (Å²) >= 11 is 0. The van der Waals surface area contributed by atoms with Crippen LogP contribution in [-0.4, -0.2) is 22.4 Å². The standard InChI is InChI=1S/C18H22N2O3/c1-5-11-22-18(21)15-8-6-7-14(13(2)3)16(15)12-23-17-9-10-20(4)19-17/h6-10H,2,5,11-12H2,1,3-4H3. The Kier molecular flexibility index (Phi) is 5.57. The van der Waals surface area contributed by atoms with Gasteiger partial charge in [-0.05, 0) is 25.0 Å². The highest BCUT2D eigenvalue weighted by Crippen LogP contribution is 2.23. The smallest absolute Gasteiger partial charge is 0.338 e. The summed E-state index contributed by atoms with van der Waals surface area (Å²) in [6, 6.07) is 7.28. The van der Waals surface area contributed by atoms with Gasteiger partial charge in [0, 0.05) is 24.9 Å². The van der Waals surface area contributed by atoms with E-state index in [1.165, 1.54) is 0 Å². The summed E-state index contributed by atoms with van der Waals surface area (Å²) in [6.07, 6.45) is 2.59. The van der Waals surface area contributed by atoms with E-state index in [2.05, 4.69) is 11.7 Å². The van der Waals surface area contributed by atoms with Crippen molar-refractivity contribution in [1.82, 2.24) is 9.78 Å². The van der Waals surface area contributed by atoms with Gasteiger partial charge in [-0.3, -0.25) is 4.68 Å². The van der Waals surface area contributed by atoms with Crippen LogP contribution in [-0.2, 0) is 18.4 Å². The fourth-order valence-corrected chi connectivity index (χ4v) is 2.22. The first-order valence-electron chi connectivity index (χ1n) is 7.60. The number of rotatable bonds is 7. The molecule has 0 aliphatic carbocycles. The van der Waals surface area contributed by atoms with Crippen LogP contribution in [0, 0.1) is 0 Å². The van der Waals surface area contributed by atoms with Crippen LogP contribution in [0.5, 0.6) is 5.88 Å². The van der Waals surface area contributed by atoms with Crippen molar-refractivity contribution in [3.8, 4) is 5.88 Å². The molecule has 1 aromatic heterocycles. The monoisotopic (exact) mass is 314 g/mol. The van der Waals surface area contributed by atoms with E-state index < -0.39 is 0 Å². The van der Waals surface area contributed by atoms with Gasteiger partial charge < -0.3 is 9.47 Å². The molecule has 0 bridgehead atoms. The molecule has 0 spiro atoms. The molecule has 0 aliphatic rings. The van der Waals surface area contributed by atoms with Gasteiger partial charge >= 0.3 is 5.97 Å². The van der Waals surface area contributed by atoms with Gasteiger partial charge in [-0.1, -0.05) is 31.2 Å². The highest BCUT2D eigenvalue weighted by atomic mass is 16.5. The van der Waals surface area contributed by atoms with Gasteiger partial charge in [0.05, 0.1) is 12.2 Å². The first kappa shape index (κ1) is 16.8. The third kappa shape index (κ3) is 4.22.